The minimum absolute atomic E-state index is 0.0287. The van der Waals surface area contributed by atoms with Crippen molar-refractivity contribution in [2.24, 2.45) is 29.4 Å². The quantitative estimate of drug-likeness (QED) is 0.350. The third-order valence-corrected chi connectivity index (χ3v) is 9.53. The Labute approximate surface area is 233 Å². The van der Waals surface area contributed by atoms with E-state index in [0.717, 1.165) is 31.4 Å². The number of carbonyl (C=O) groups excluding carboxylic acids is 5. The summed E-state index contributed by atoms with van der Waals surface area (Å²) in [7, 11) is 6.81. The molecule has 4 aliphatic carbocycles. The van der Waals surface area contributed by atoms with Crippen molar-refractivity contribution >= 4 is 34.7 Å². The maximum Gasteiger partial charge on any atom is 0.235 e. The predicted molar refractivity (Wildman–Crippen MR) is 145 cm³/mol. The molecule has 0 aliphatic heterocycles. The highest BCUT2D eigenvalue weighted by Gasteiger charge is 2.69. The van der Waals surface area contributed by atoms with Crippen LogP contribution in [0, 0.1) is 23.7 Å². The van der Waals surface area contributed by atoms with Crippen LogP contribution in [0.3, 0.4) is 0 Å². The van der Waals surface area contributed by atoms with E-state index in [-0.39, 0.29) is 24.2 Å². The first kappa shape index (κ1) is 28.4. The molecule has 0 bridgehead atoms. The third kappa shape index (κ3) is 4.09. The van der Waals surface area contributed by atoms with Gasteiger partial charge in [-0.05, 0) is 57.3 Å². The highest BCUT2D eigenvalue weighted by molar-refractivity contribution is 6.32. The lowest BCUT2D eigenvalue weighted by molar-refractivity contribution is -0.181. The number of aromatic hydroxyl groups is 1. The molecule has 1 aromatic rings. The molecule has 0 saturated heterocycles. The van der Waals surface area contributed by atoms with Crippen molar-refractivity contribution in [2.75, 3.05) is 33.1 Å². The van der Waals surface area contributed by atoms with Crippen molar-refractivity contribution in [1.29, 1.82) is 0 Å². The van der Waals surface area contributed by atoms with E-state index in [1.54, 1.807) is 14.1 Å². The maximum atomic E-state index is 14.1. The van der Waals surface area contributed by atoms with E-state index < -0.39 is 64.4 Å². The Hall–Kier alpha value is -3.15. The van der Waals surface area contributed by atoms with E-state index in [4.69, 9.17) is 5.73 Å². The maximum absolute atomic E-state index is 14.1. The molecule has 1 amide bonds. The summed E-state index contributed by atoms with van der Waals surface area (Å²) in [4.78, 5) is 70.2. The Morgan fingerprint density at radius 1 is 1.10 bits per heavy atom. The number of likely N-dealkylation sites (N-methyl/N-ethyl adjacent to an activating group) is 1. The topological polar surface area (TPSA) is 170 Å². The minimum atomic E-state index is -2.72. The van der Waals surface area contributed by atoms with Crippen LogP contribution in [-0.4, -0.2) is 90.0 Å². The lowest BCUT2D eigenvalue weighted by atomic mass is 9.52. The zero-order valence-corrected chi connectivity index (χ0v) is 23.4. The summed E-state index contributed by atoms with van der Waals surface area (Å²) in [6, 6.07) is 1.07. The van der Waals surface area contributed by atoms with Gasteiger partial charge in [-0.2, -0.15) is 0 Å². The van der Waals surface area contributed by atoms with Gasteiger partial charge >= 0.3 is 0 Å². The number of nitrogens with two attached hydrogens (primary N) is 1. The molecule has 0 aromatic heterocycles. The fourth-order valence-electron chi connectivity index (χ4n) is 7.62. The fourth-order valence-corrected chi connectivity index (χ4v) is 7.62. The first-order chi connectivity index (χ1) is 18.8. The van der Waals surface area contributed by atoms with Crippen molar-refractivity contribution < 1.29 is 34.2 Å². The van der Waals surface area contributed by atoms with Crippen LogP contribution in [0.5, 0.6) is 5.75 Å². The molecule has 3 fully saturated rings. The van der Waals surface area contributed by atoms with Gasteiger partial charge in [-0.3, -0.25) is 28.9 Å². The Kier molecular flexibility index (Phi) is 7.12. The van der Waals surface area contributed by atoms with Crippen LogP contribution in [0.1, 0.15) is 53.6 Å². The fraction of sp³-hybridized carbons (Fsp3) is 0.621. The molecule has 0 heterocycles. The normalized spacial score (nSPS) is 32.2. The van der Waals surface area contributed by atoms with Crippen molar-refractivity contribution in [3.8, 4) is 5.75 Å². The highest BCUT2D eigenvalue weighted by Crippen LogP contribution is 2.52. The number of aliphatic hydroxyl groups is 1. The smallest absolute Gasteiger partial charge is 0.235 e. The summed E-state index contributed by atoms with van der Waals surface area (Å²) in [6.07, 6.45) is 4.63. The molecular weight excluding hydrogens is 516 g/mol. The van der Waals surface area contributed by atoms with Crippen LogP contribution in [0.4, 0.5) is 5.69 Å². The van der Waals surface area contributed by atoms with Crippen molar-refractivity contribution in [1.82, 2.24) is 10.2 Å². The van der Waals surface area contributed by atoms with Crippen LogP contribution in [0.15, 0.2) is 6.07 Å². The van der Waals surface area contributed by atoms with Gasteiger partial charge < -0.3 is 26.2 Å². The Bertz CT molecular complexity index is 1300. The van der Waals surface area contributed by atoms with E-state index in [2.05, 4.69) is 5.32 Å². The number of ketones is 4. The minimum Gasteiger partial charge on any atom is -0.507 e. The number of amides is 1. The number of primary amides is 1. The van der Waals surface area contributed by atoms with E-state index in [1.807, 2.05) is 25.1 Å². The van der Waals surface area contributed by atoms with Crippen molar-refractivity contribution in [3.63, 3.8) is 0 Å². The first-order valence-electron chi connectivity index (χ1n) is 13.9. The number of phenolic OH excluding ortho intramolecular Hbond substituents is 1. The van der Waals surface area contributed by atoms with Gasteiger partial charge in [-0.1, -0.05) is 12.8 Å². The lowest BCUT2D eigenvalue weighted by Crippen LogP contribution is -2.74. The number of Topliss-reactive ketones (excluding diaryl/α,β-unsaturated/α-hetero) is 4. The molecular formula is C29H38N4O7. The number of hydrogen-bond donors (Lipinski definition) is 4. The van der Waals surface area contributed by atoms with Gasteiger partial charge in [0.2, 0.25) is 5.91 Å². The van der Waals surface area contributed by atoms with Crippen LogP contribution in [0.2, 0.25) is 0 Å². The number of nitrogens with zero attached hydrogens (tertiary/aromatic N) is 2. The number of carbonyl (C=O) groups is 5. The molecule has 4 aliphatic rings. The van der Waals surface area contributed by atoms with Gasteiger partial charge in [0.15, 0.2) is 34.7 Å². The number of hydrogen-bond acceptors (Lipinski definition) is 10. The van der Waals surface area contributed by atoms with Gasteiger partial charge in [0.05, 0.1) is 17.5 Å². The summed E-state index contributed by atoms with van der Waals surface area (Å²) in [5.41, 5.74) is 4.56. The monoisotopic (exact) mass is 554 g/mol. The average molecular weight is 555 g/mol. The van der Waals surface area contributed by atoms with Gasteiger partial charge in [0, 0.05) is 43.9 Å². The number of phenols is 1. The summed E-state index contributed by atoms with van der Waals surface area (Å²) < 4.78 is 0. The SMILES string of the molecule is CN(C)c1cc(CNC2CCCC2)c(O)c2c1C[C@@H]1C[C@@H]3C(N(C)C)C(=O)C(C(N)=O)C(=O)[C@]3(O)C(=O)C1C2=O. The first-order valence-corrected chi connectivity index (χ1v) is 13.9. The van der Waals surface area contributed by atoms with Crippen LogP contribution in [-0.2, 0) is 32.1 Å². The second-order valence-electron chi connectivity index (χ2n) is 12.3. The largest absolute Gasteiger partial charge is 0.507 e. The molecule has 6 atom stereocenters. The molecule has 5 rings (SSSR count). The van der Waals surface area contributed by atoms with Crippen LogP contribution >= 0.6 is 0 Å². The van der Waals surface area contributed by atoms with E-state index in [1.165, 1.54) is 4.90 Å². The summed E-state index contributed by atoms with van der Waals surface area (Å²) >= 11 is 0. The molecule has 11 nitrogen and oxygen atoms in total. The van der Waals surface area contributed by atoms with Gasteiger partial charge in [-0.25, -0.2) is 0 Å². The third-order valence-electron chi connectivity index (χ3n) is 9.53. The van der Waals surface area contributed by atoms with E-state index >= 15 is 0 Å². The zero-order valence-electron chi connectivity index (χ0n) is 23.4. The Morgan fingerprint density at radius 2 is 1.75 bits per heavy atom. The van der Waals surface area contributed by atoms with Gasteiger partial charge in [0.25, 0.3) is 0 Å². The van der Waals surface area contributed by atoms with Crippen molar-refractivity contribution in [3.05, 3.63) is 22.8 Å². The van der Waals surface area contributed by atoms with E-state index in [9.17, 15) is 34.2 Å². The standard InChI is InChI=1S/C29H38N4O7/c1-32(2)18-11-14(12-31-15-7-5-6-8-15)23(34)20-16(18)9-13-10-17-22(33(3)4)25(36)21(28(30)39)27(38)29(17,40)26(37)19(13)24(20)35/h11,13,15,17,19,21-22,31,34,40H,5-10,12H2,1-4H3,(H2,30,39)/t13-,17-,19?,21?,22?,29-/m1/s1. The van der Waals surface area contributed by atoms with Gasteiger partial charge in [0.1, 0.15) is 5.75 Å². The molecule has 0 spiro atoms. The molecule has 3 unspecified atom stereocenters. The second-order valence-corrected chi connectivity index (χ2v) is 12.3. The second kappa shape index (κ2) is 10.0. The molecule has 216 valence electrons. The number of fused-ring (bicyclic) bond motifs is 3. The summed E-state index contributed by atoms with van der Waals surface area (Å²) in [5, 5.41) is 26.5. The number of rotatable bonds is 6. The molecule has 1 aromatic carbocycles. The van der Waals surface area contributed by atoms with Gasteiger partial charge in [-0.15, -0.1) is 0 Å². The molecule has 0 radical (unpaired) electrons. The number of benzene rings is 1. The number of anilines is 1. The molecule has 11 heteroatoms. The number of nitrogens with one attached hydrogen (secondary N) is 1. The Morgan fingerprint density at radius 3 is 2.33 bits per heavy atom. The summed E-state index contributed by atoms with van der Waals surface area (Å²) in [6.45, 7) is 0.345. The highest BCUT2D eigenvalue weighted by atomic mass is 16.3. The molecule has 5 N–H and O–H groups in total. The molecule has 3 saturated carbocycles. The summed E-state index contributed by atoms with van der Waals surface area (Å²) in [5.74, 6) is -10.3. The predicted octanol–water partition coefficient (Wildman–Crippen LogP) is -0.0348. The van der Waals surface area contributed by atoms with E-state index in [0.29, 0.717) is 23.7 Å². The zero-order chi connectivity index (χ0) is 29.3. The molecule has 40 heavy (non-hydrogen) atoms. The van der Waals surface area contributed by atoms with Crippen LogP contribution < -0.4 is 16.0 Å². The lowest BCUT2D eigenvalue weighted by Gasteiger charge is -2.52. The Balaban J connectivity index is 1.59. The van der Waals surface area contributed by atoms with Crippen LogP contribution in [0.25, 0.3) is 0 Å². The van der Waals surface area contributed by atoms with Crippen molar-refractivity contribution in [2.45, 2.75) is 62.8 Å². The average Bonchev–Trinajstić information content (AvgIpc) is 3.39.